The molecule has 0 nitrogen and oxygen atoms in total. The Balaban J connectivity index is 0. The van der Waals surface area contributed by atoms with Crippen molar-refractivity contribution < 1.29 is 36.5 Å². The SMILES string of the molecule is [AlH3].[Cu].[MgH2].[SiH4].[Zn]. The van der Waals surface area contributed by atoms with E-state index in [1.54, 1.807) is 0 Å². The Hall–Kier alpha value is 2.66. The van der Waals surface area contributed by atoms with Gasteiger partial charge in [-0.25, -0.2) is 0 Å². The topological polar surface area (TPSA) is 0 Å². The van der Waals surface area contributed by atoms with Gasteiger partial charge in [0, 0.05) is 36.5 Å². The fourth-order valence-electron chi connectivity index (χ4n) is 0. The summed E-state index contributed by atoms with van der Waals surface area (Å²) in [6.45, 7) is 0. The molecule has 0 rings (SSSR count). The maximum Gasteiger partial charge on any atom is 0.316 e. The summed E-state index contributed by atoms with van der Waals surface area (Å²) in [5.41, 5.74) is 0. The van der Waals surface area contributed by atoms with Gasteiger partial charge in [-0.3, -0.25) is 0 Å². The van der Waals surface area contributed by atoms with Crippen LogP contribution in [-0.2, 0) is 36.5 Å². The molecule has 0 spiro atoms. The molecule has 0 atom stereocenters. The first kappa shape index (κ1) is 48.0. The first-order valence-corrected chi connectivity index (χ1v) is 0. The van der Waals surface area contributed by atoms with E-state index in [1.807, 2.05) is 0 Å². The summed E-state index contributed by atoms with van der Waals surface area (Å²) in [5.74, 6) is 0. The minimum Gasteiger partial charge on any atom is -0.0149 e. The average molecular weight is 217 g/mol. The van der Waals surface area contributed by atoms with Crippen LogP contribution in [0, 0.1) is 0 Å². The molecule has 0 bridgehead atoms. The third-order valence-corrected chi connectivity index (χ3v) is 0. The zero-order chi connectivity index (χ0) is 0. The second-order valence-electron chi connectivity index (χ2n) is 0. The summed E-state index contributed by atoms with van der Waals surface area (Å²) < 4.78 is 0. The Morgan fingerprint density at radius 3 is 1.00 bits per heavy atom. The van der Waals surface area contributed by atoms with Crippen LogP contribution in [0.15, 0.2) is 0 Å². The molecule has 0 heterocycles. The molecule has 0 aromatic carbocycles. The molecule has 5 heteroatoms. The van der Waals surface area contributed by atoms with E-state index in [2.05, 4.69) is 0 Å². The third kappa shape index (κ3) is 20.4. The monoisotopic (exact) mass is 215 g/mol. The van der Waals surface area contributed by atoms with Gasteiger partial charge in [0.15, 0.2) is 17.4 Å². The first-order valence-electron chi connectivity index (χ1n) is 0. The average Bonchev–Trinajstić information content (AvgIpc) is 0. The van der Waals surface area contributed by atoms with Crippen molar-refractivity contribution in [3.8, 4) is 0 Å². The van der Waals surface area contributed by atoms with Crippen molar-refractivity contribution in [3.05, 3.63) is 0 Å². The van der Waals surface area contributed by atoms with Crippen LogP contribution >= 0.6 is 0 Å². The Morgan fingerprint density at radius 1 is 1.00 bits per heavy atom. The molecule has 0 unspecified atom stereocenters. The standard InChI is InChI=1S/Al.Cu.Mg.H4Si.Zn.5H/h;;;1H4;;;;;;. The summed E-state index contributed by atoms with van der Waals surface area (Å²) in [7, 11) is 0. The molecule has 0 aliphatic rings. The van der Waals surface area contributed by atoms with E-state index in [1.165, 1.54) is 0 Å². The molecule has 1 radical (unpaired) electrons. The molecule has 0 saturated carbocycles. The van der Waals surface area contributed by atoms with Crippen LogP contribution in [0.25, 0.3) is 0 Å². The van der Waals surface area contributed by atoms with Crippen LogP contribution in [0.3, 0.4) is 0 Å². The molecule has 5 heavy (non-hydrogen) atoms. The smallest absolute Gasteiger partial charge is 0.0149 e. The van der Waals surface area contributed by atoms with Gasteiger partial charge >= 0.3 is 23.1 Å². The van der Waals surface area contributed by atoms with E-state index in [0.717, 1.165) is 0 Å². The van der Waals surface area contributed by atoms with Gasteiger partial charge in [-0.2, -0.15) is 0 Å². The quantitative estimate of drug-likeness (QED) is 0.369. The fraction of sp³-hybridized carbons (Fsp3) is 0. The van der Waals surface area contributed by atoms with Gasteiger partial charge in [0.25, 0.3) is 0 Å². The van der Waals surface area contributed by atoms with Crippen molar-refractivity contribution in [3.63, 3.8) is 0 Å². The second-order valence-corrected chi connectivity index (χ2v) is 0. The zero-order valence-corrected chi connectivity index (χ0v) is 4.92. The van der Waals surface area contributed by atoms with Crippen molar-refractivity contribution in [2.75, 3.05) is 0 Å². The predicted octanol–water partition coefficient (Wildman–Crippen LogP) is -3.56. The molecule has 0 N–H and O–H groups in total. The van der Waals surface area contributed by atoms with Gasteiger partial charge in [0.05, 0.1) is 0 Å². The molecular formula is H9AlCuMgSiZn. The van der Waals surface area contributed by atoms with Crippen LogP contribution in [-0.4, -0.2) is 51.4 Å². The number of hydrogen-bond donors (Lipinski definition) is 0. The predicted molar refractivity (Wildman–Crippen MR) is 29.8 cm³/mol. The van der Waals surface area contributed by atoms with E-state index >= 15 is 0 Å². The summed E-state index contributed by atoms with van der Waals surface area (Å²) in [6, 6.07) is 0. The van der Waals surface area contributed by atoms with Crippen molar-refractivity contribution >= 4 is 51.4 Å². The first-order chi connectivity index (χ1) is 0. The minimum absolute atomic E-state index is 0. The van der Waals surface area contributed by atoms with Crippen molar-refractivity contribution in [1.82, 2.24) is 0 Å². The van der Waals surface area contributed by atoms with E-state index in [9.17, 15) is 0 Å². The van der Waals surface area contributed by atoms with E-state index in [4.69, 9.17) is 0 Å². The van der Waals surface area contributed by atoms with E-state index in [0.29, 0.717) is 0 Å². The molecule has 0 aliphatic carbocycles. The number of hydrogen-bond acceptors (Lipinski definition) is 0. The third-order valence-electron chi connectivity index (χ3n) is 0. The molecule has 0 aromatic rings. The number of rotatable bonds is 0. The van der Waals surface area contributed by atoms with Gasteiger partial charge in [-0.05, 0) is 11.0 Å². The molecule has 0 amide bonds. The summed E-state index contributed by atoms with van der Waals surface area (Å²) in [4.78, 5) is 0. The van der Waals surface area contributed by atoms with Crippen molar-refractivity contribution in [2.24, 2.45) is 0 Å². The largest absolute Gasteiger partial charge is 0.316 e. The Labute approximate surface area is 86.8 Å². The fourth-order valence-corrected chi connectivity index (χ4v) is 0. The van der Waals surface area contributed by atoms with Crippen molar-refractivity contribution in [2.45, 2.75) is 0 Å². The van der Waals surface area contributed by atoms with Gasteiger partial charge in [-0.15, -0.1) is 0 Å². The molecule has 0 aromatic heterocycles. The molecule has 31 valence electrons. The maximum absolute atomic E-state index is 0. The van der Waals surface area contributed by atoms with Gasteiger partial charge in [0.1, 0.15) is 0 Å². The second kappa shape index (κ2) is 30.2. The molecule has 0 saturated heterocycles. The van der Waals surface area contributed by atoms with Crippen LogP contribution in [0.2, 0.25) is 0 Å². The normalized spacial score (nSPS) is 0. The molecule has 0 fully saturated rings. The Bertz CT molecular complexity index is 11.6. The Kier molecular flexibility index (Phi) is 290. The van der Waals surface area contributed by atoms with E-state index < -0.39 is 0 Å². The van der Waals surface area contributed by atoms with Crippen LogP contribution in [0.5, 0.6) is 0 Å². The maximum atomic E-state index is 0. The Morgan fingerprint density at radius 2 is 1.00 bits per heavy atom. The van der Waals surface area contributed by atoms with Crippen molar-refractivity contribution in [1.29, 1.82) is 0 Å². The van der Waals surface area contributed by atoms with Gasteiger partial charge < -0.3 is 0 Å². The van der Waals surface area contributed by atoms with Crippen LogP contribution in [0.1, 0.15) is 0 Å². The molecular weight excluding hydrogens is 208 g/mol. The van der Waals surface area contributed by atoms with E-state index in [-0.39, 0.29) is 87.9 Å². The molecule has 0 aliphatic heterocycles. The summed E-state index contributed by atoms with van der Waals surface area (Å²) >= 11 is 0. The van der Waals surface area contributed by atoms with Gasteiger partial charge in [0.2, 0.25) is 0 Å². The van der Waals surface area contributed by atoms with Crippen LogP contribution in [0.4, 0.5) is 0 Å². The summed E-state index contributed by atoms with van der Waals surface area (Å²) in [6.07, 6.45) is 0. The van der Waals surface area contributed by atoms with Crippen LogP contribution < -0.4 is 0 Å². The zero-order valence-electron chi connectivity index (χ0n) is 1.01. The van der Waals surface area contributed by atoms with Gasteiger partial charge in [-0.1, -0.05) is 0 Å². The summed E-state index contributed by atoms with van der Waals surface area (Å²) in [5, 5.41) is 0. The minimum atomic E-state index is 0.